The van der Waals surface area contributed by atoms with Crippen LogP contribution in [0.2, 0.25) is 0 Å². The third-order valence-corrected chi connectivity index (χ3v) is 3.97. The van der Waals surface area contributed by atoms with Gasteiger partial charge in [0.15, 0.2) is 0 Å². The lowest BCUT2D eigenvalue weighted by atomic mass is 10.0. The number of anilines is 2. The molecule has 134 valence electrons. The minimum absolute atomic E-state index is 0.182. The summed E-state index contributed by atoms with van der Waals surface area (Å²) in [4.78, 5) is 12.7. The predicted molar refractivity (Wildman–Crippen MR) is 101 cm³/mol. The Morgan fingerprint density at radius 1 is 1.26 bits per heavy atom. The van der Waals surface area contributed by atoms with Crippen LogP contribution in [0.15, 0.2) is 59.4 Å². The summed E-state index contributed by atoms with van der Waals surface area (Å²) in [5.41, 5.74) is 8.58. The number of methoxy groups -OCH3 is 1. The van der Waals surface area contributed by atoms with Gasteiger partial charge in [0.05, 0.1) is 36.5 Å². The van der Waals surface area contributed by atoms with Crippen LogP contribution in [0.3, 0.4) is 0 Å². The van der Waals surface area contributed by atoms with E-state index < -0.39 is 5.91 Å². The Kier molecular flexibility index (Phi) is 4.90. The molecule has 0 saturated heterocycles. The number of hydrogen-bond acceptors (Lipinski definition) is 6. The van der Waals surface area contributed by atoms with Crippen molar-refractivity contribution >= 4 is 23.0 Å². The second-order valence-electron chi connectivity index (χ2n) is 5.64. The summed E-state index contributed by atoms with van der Waals surface area (Å²) in [6.07, 6.45) is 2.92. The summed E-state index contributed by atoms with van der Waals surface area (Å²) in [5, 5.41) is 20.2. The van der Waals surface area contributed by atoms with Crippen LogP contribution in [0.1, 0.15) is 27.0 Å². The highest BCUT2D eigenvalue weighted by molar-refractivity contribution is 6.15. The first-order valence-corrected chi connectivity index (χ1v) is 7.94. The molecule has 0 bridgehead atoms. The monoisotopic (exact) mass is 360 g/mol. The van der Waals surface area contributed by atoms with Crippen molar-refractivity contribution in [3.8, 4) is 11.8 Å². The summed E-state index contributed by atoms with van der Waals surface area (Å²) in [6, 6.07) is 13.3. The summed E-state index contributed by atoms with van der Waals surface area (Å²) in [5.74, 6) is -0.228. The lowest BCUT2D eigenvalue weighted by molar-refractivity contribution is 0.102. The lowest BCUT2D eigenvalue weighted by Gasteiger charge is -2.12. The summed E-state index contributed by atoms with van der Waals surface area (Å²) >= 11 is 0. The number of furan rings is 1. The molecule has 3 aromatic rings. The highest BCUT2D eigenvalue weighted by Crippen LogP contribution is 2.26. The zero-order valence-electron chi connectivity index (χ0n) is 14.4. The van der Waals surface area contributed by atoms with Gasteiger partial charge < -0.3 is 20.2 Å². The first kappa shape index (κ1) is 17.8. The number of carbonyl (C=O) groups excluding carboxylic acids is 1. The van der Waals surface area contributed by atoms with Crippen LogP contribution in [0, 0.1) is 16.7 Å². The van der Waals surface area contributed by atoms with Crippen molar-refractivity contribution < 1.29 is 13.9 Å². The fourth-order valence-electron chi connectivity index (χ4n) is 2.63. The summed E-state index contributed by atoms with van der Waals surface area (Å²) in [7, 11) is 1.40. The van der Waals surface area contributed by atoms with Crippen LogP contribution in [0.4, 0.5) is 11.4 Å². The topological polar surface area (TPSA) is 125 Å². The predicted octanol–water partition coefficient (Wildman–Crippen LogP) is 3.41. The molecule has 0 aliphatic heterocycles. The number of ether oxygens (including phenoxy) is 1. The Hall–Kier alpha value is -4.05. The maximum Gasteiger partial charge on any atom is 0.259 e. The second-order valence-corrected chi connectivity index (χ2v) is 5.64. The highest BCUT2D eigenvalue weighted by Gasteiger charge is 2.17. The van der Waals surface area contributed by atoms with E-state index in [1.54, 1.807) is 42.5 Å². The number of nitrogen functional groups attached to an aromatic ring is 1. The Bertz CT molecular complexity index is 1050. The number of nitriles is 1. The molecule has 7 nitrogen and oxygen atoms in total. The van der Waals surface area contributed by atoms with Crippen molar-refractivity contribution in [2.75, 3.05) is 18.2 Å². The standard InChI is InChI=1S/C20H16N4O3/c1-26-19-12(10-21)3-2-4-15(19)20(25)24-14-5-6-17(22)16(9-14)18(23)13-7-8-27-11-13/h2-9,11,23H,22H2,1H3,(H,24,25). The highest BCUT2D eigenvalue weighted by atomic mass is 16.5. The lowest BCUT2D eigenvalue weighted by Crippen LogP contribution is -2.14. The third kappa shape index (κ3) is 3.50. The van der Waals surface area contributed by atoms with E-state index in [1.165, 1.54) is 19.6 Å². The molecule has 3 rings (SSSR count). The molecule has 0 fully saturated rings. The Morgan fingerprint density at radius 2 is 2.07 bits per heavy atom. The van der Waals surface area contributed by atoms with Gasteiger partial charge in [-0.3, -0.25) is 10.2 Å². The molecule has 0 saturated carbocycles. The zero-order chi connectivity index (χ0) is 19.4. The quantitative estimate of drug-likeness (QED) is 0.475. The van der Waals surface area contributed by atoms with E-state index in [9.17, 15) is 4.79 Å². The average Bonchev–Trinajstić information content (AvgIpc) is 3.22. The van der Waals surface area contributed by atoms with Crippen LogP contribution in [0.5, 0.6) is 5.75 Å². The van der Waals surface area contributed by atoms with Crippen molar-refractivity contribution in [2.24, 2.45) is 0 Å². The number of nitrogens with two attached hydrogens (primary N) is 1. The molecule has 0 aliphatic rings. The van der Waals surface area contributed by atoms with E-state index in [1.807, 2.05) is 6.07 Å². The molecule has 1 amide bonds. The molecule has 0 spiro atoms. The Labute approximate surface area is 155 Å². The molecular formula is C20H16N4O3. The molecule has 1 heterocycles. The van der Waals surface area contributed by atoms with Gasteiger partial charge in [-0.2, -0.15) is 5.26 Å². The SMILES string of the molecule is COc1c(C#N)cccc1C(=O)Nc1ccc(N)c(C(=N)c2ccoc2)c1. The van der Waals surface area contributed by atoms with Gasteiger partial charge in [-0.1, -0.05) is 6.07 Å². The number of hydrogen-bond donors (Lipinski definition) is 3. The van der Waals surface area contributed by atoms with Crippen molar-refractivity contribution in [1.82, 2.24) is 0 Å². The van der Waals surface area contributed by atoms with Crippen molar-refractivity contribution in [3.05, 3.63) is 77.2 Å². The molecule has 7 heteroatoms. The maximum atomic E-state index is 12.7. The van der Waals surface area contributed by atoms with Crippen molar-refractivity contribution in [1.29, 1.82) is 10.7 Å². The van der Waals surface area contributed by atoms with Gasteiger partial charge >= 0.3 is 0 Å². The third-order valence-electron chi connectivity index (χ3n) is 3.97. The first-order chi connectivity index (χ1) is 13.0. The van der Waals surface area contributed by atoms with Crippen LogP contribution >= 0.6 is 0 Å². The second kappa shape index (κ2) is 7.45. The molecule has 27 heavy (non-hydrogen) atoms. The molecule has 0 radical (unpaired) electrons. The number of carbonyl (C=O) groups is 1. The fourth-order valence-corrected chi connectivity index (χ4v) is 2.63. The van der Waals surface area contributed by atoms with E-state index in [2.05, 4.69) is 5.32 Å². The van der Waals surface area contributed by atoms with E-state index in [0.29, 0.717) is 22.5 Å². The molecule has 0 unspecified atom stereocenters. The van der Waals surface area contributed by atoms with E-state index >= 15 is 0 Å². The Balaban J connectivity index is 1.91. The van der Waals surface area contributed by atoms with Gasteiger partial charge in [0.1, 0.15) is 11.8 Å². The maximum absolute atomic E-state index is 12.7. The van der Waals surface area contributed by atoms with Crippen LogP contribution < -0.4 is 15.8 Å². The number of amides is 1. The van der Waals surface area contributed by atoms with Gasteiger partial charge in [0.2, 0.25) is 0 Å². The number of nitrogens with zero attached hydrogens (tertiary/aromatic N) is 1. The summed E-state index contributed by atoms with van der Waals surface area (Å²) in [6.45, 7) is 0. The van der Waals surface area contributed by atoms with E-state index in [0.717, 1.165) is 0 Å². The van der Waals surface area contributed by atoms with Gasteiger partial charge in [-0.05, 0) is 36.4 Å². The largest absolute Gasteiger partial charge is 0.495 e. The molecular weight excluding hydrogens is 344 g/mol. The number of rotatable bonds is 5. The van der Waals surface area contributed by atoms with Gasteiger partial charge in [0.25, 0.3) is 5.91 Å². The average molecular weight is 360 g/mol. The van der Waals surface area contributed by atoms with Crippen LogP contribution in [-0.2, 0) is 0 Å². The number of benzene rings is 2. The molecule has 1 aromatic heterocycles. The number of para-hydroxylation sites is 1. The molecule has 0 atom stereocenters. The normalized spacial score (nSPS) is 10.1. The van der Waals surface area contributed by atoms with Gasteiger partial charge in [-0.15, -0.1) is 0 Å². The first-order valence-electron chi connectivity index (χ1n) is 7.94. The molecule has 2 aromatic carbocycles. The van der Waals surface area contributed by atoms with Crippen molar-refractivity contribution in [2.45, 2.75) is 0 Å². The minimum Gasteiger partial charge on any atom is -0.495 e. The van der Waals surface area contributed by atoms with Gasteiger partial charge in [0, 0.05) is 22.5 Å². The molecule has 4 N–H and O–H groups in total. The van der Waals surface area contributed by atoms with Gasteiger partial charge in [-0.25, -0.2) is 0 Å². The van der Waals surface area contributed by atoms with Crippen LogP contribution in [-0.4, -0.2) is 18.7 Å². The zero-order valence-corrected chi connectivity index (χ0v) is 14.4. The van der Waals surface area contributed by atoms with Crippen LogP contribution in [0.25, 0.3) is 0 Å². The van der Waals surface area contributed by atoms with E-state index in [4.69, 9.17) is 25.6 Å². The fraction of sp³-hybridized carbons (Fsp3) is 0.0500. The smallest absolute Gasteiger partial charge is 0.259 e. The van der Waals surface area contributed by atoms with E-state index in [-0.39, 0.29) is 22.6 Å². The number of nitrogens with one attached hydrogen (secondary N) is 2. The minimum atomic E-state index is -0.436. The van der Waals surface area contributed by atoms with Crippen molar-refractivity contribution in [3.63, 3.8) is 0 Å². The molecule has 0 aliphatic carbocycles. The Morgan fingerprint density at radius 3 is 2.74 bits per heavy atom. The summed E-state index contributed by atoms with van der Waals surface area (Å²) < 4.78 is 10.2.